The molecule has 126 valence electrons. The Hall–Kier alpha value is -1.95. The molecule has 1 saturated heterocycles. The normalized spacial score (nSPS) is 18.4. The first kappa shape index (κ1) is 17.4. The Morgan fingerprint density at radius 3 is 2.52 bits per heavy atom. The Balaban J connectivity index is 1.88. The van der Waals surface area contributed by atoms with Gasteiger partial charge >= 0.3 is 6.03 Å². The van der Waals surface area contributed by atoms with Crippen molar-refractivity contribution in [3.05, 3.63) is 35.6 Å². The van der Waals surface area contributed by atoms with E-state index in [9.17, 15) is 14.0 Å². The minimum Gasteiger partial charge on any atom is -0.324 e. The van der Waals surface area contributed by atoms with Crippen LogP contribution in [0, 0.1) is 5.82 Å². The Morgan fingerprint density at radius 1 is 1.30 bits per heavy atom. The monoisotopic (exact) mass is 321 g/mol. The molecule has 2 rings (SSSR count). The number of nitrogens with one attached hydrogen (secondary N) is 1. The second-order valence-electron chi connectivity index (χ2n) is 6.54. The van der Waals surface area contributed by atoms with E-state index >= 15 is 0 Å². The average Bonchev–Trinajstić information content (AvgIpc) is 2.68. The maximum atomic E-state index is 13.8. The molecule has 0 saturated carbocycles. The number of rotatable bonds is 6. The summed E-state index contributed by atoms with van der Waals surface area (Å²) in [6, 6.07) is 6.30. The lowest BCUT2D eigenvalue weighted by atomic mass is 10.1. The summed E-state index contributed by atoms with van der Waals surface area (Å²) >= 11 is 0. The van der Waals surface area contributed by atoms with Crippen molar-refractivity contribution in [3.63, 3.8) is 0 Å². The SMILES string of the molecule is CC(c1ccccc1F)N(C)CCCN1C(=O)NC(C)(C)C1=O. The molecule has 0 aliphatic carbocycles. The van der Waals surface area contributed by atoms with Crippen LogP contribution in [-0.4, -0.2) is 47.4 Å². The highest BCUT2D eigenvalue weighted by Crippen LogP contribution is 2.22. The maximum absolute atomic E-state index is 13.8. The summed E-state index contributed by atoms with van der Waals surface area (Å²) in [4.78, 5) is 27.2. The lowest BCUT2D eigenvalue weighted by Crippen LogP contribution is -2.40. The lowest BCUT2D eigenvalue weighted by molar-refractivity contribution is -0.130. The van der Waals surface area contributed by atoms with Crippen LogP contribution in [0.3, 0.4) is 0 Å². The molecule has 3 amide bonds. The van der Waals surface area contributed by atoms with Gasteiger partial charge in [0.05, 0.1) is 0 Å². The first-order valence-electron chi connectivity index (χ1n) is 7.83. The number of hydrogen-bond donors (Lipinski definition) is 1. The van der Waals surface area contributed by atoms with Gasteiger partial charge in [0, 0.05) is 24.7 Å². The molecule has 1 N–H and O–H groups in total. The van der Waals surface area contributed by atoms with E-state index in [0.29, 0.717) is 25.1 Å². The van der Waals surface area contributed by atoms with Crippen molar-refractivity contribution in [1.82, 2.24) is 15.1 Å². The van der Waals surface area contributed by atoms with Crippen LogP contribution in [0.4, 0.5) is 9.18 Å². The fourth-order valence-electron chi connectivity index (χ4n) is 2.74. The number of carbonyl (C=O) groups excluding carboxylic acids is 2. The fraction of sp³-hybridized carbons (Fsp3) is 0.529. The molecule has 1 fully saturated rings. The molecule has 1 heterocycles. The molecule has 1 aromatic carbocycles. The van der Waals surface area contributed by atoms with Gasteiger partial charge < -0.3 is 5.32 Å². The number of halogens is 1. The van der Waals surface area contributed by atoms with Gasteiger partial charge in [-0.2, -0.15) is 0 Å². The third-order valence-electron chi connectivity index (χ3n) is 4.35. The summed E-state index contributed by atoms with van der Waals surface area (Å²) in [6.45, 7) is 6.35. The first-order valence-corrected chi connectivity index (χ1v) is 7.83. The molecule has 23 heavy (non-hydrogen) atoms. The molecule has 0 bridgehead atoms. The van der Waals surface area contributed by atoms with E-state index in [4.69, 9.17) is 0 Å². The number of amides is 3. The van der Waals surface area contributed by atoms with E-state index < -0.39 is 5.54 Å². The largest absolute Gasteiger partial charge is 0.325 e. The summed E-state index contributed by atoms with van der Waals surface area (Å²) < 4.78 is 13.8. The van der Waals surface area contributed by atoms with Gasteiger partial charge in [-0.05, 0) is 40.3 Å². The third kappa shape index (κ3) is 3.69. The van der Waals surface area contributed by atoms with Crippen LogP contribution in [0.15, 0.2) is 24.3 Å². The van der Waals surface area contributed by atoms with Crippen molar-refractivity contribution in [2.24, 2.45) is 0 Å². The van der Waals surface area contributed by atoms with E-state index in [1.54, 1.807) is 26.0 Å². The summed E-state index contributed by atoms with van der Waals surface area (Å²) in [6.07, 6.45) is 0.643. The van der Waals surface area contributed by atoms with Gasteiger partial charge in [0.15, 0.2) is 0 Å². The minimum absolute atomic E-state index is 0.0734. The number of carbonyl (C=O) groups is 2. The summed E-state index contributed by atoms with van der Waals surface area (Å²) in [5.41, 5.74) is -0.185. The predicted octanol–water partition coefficient (Wildman–Crippen LogP) is 2.54. The number of benzene rings is 1. The summed E-state index contributed by atoms with van der Waals surface area (Å²) in [5, 5.41) is 2.66. The molecule has 0 aromatic heterocycles. The van der Waals surface area contributed by atoms with Gasteiger partial charge in [0.2, 0.25) is 0 Å². The molecule has 1 aliphatic heterocycles. The molecular formula is C17H24FN3O2. The Bertz CT molecular complexity index is 603. The average molecular weight is 321 g/mol. The van der Waals surface area contributed by atoms with Gasteiger partial charge in [0.1, 0.15) is 11.4 Å². The van der Waals surface area contributed by atoms with Gasteiger partial charge in [-0.3, -0.25) is 14.6 Å². The number of imide groups is 1. The zero-order chi connectivity index (χ0) is 17.2. The topological polar surface area (TPSA) is 52.6 Å². The molecule has 1 aliphatic rings. The van der Waals surface area contributed by atoms with Crippen molar-refractivity contribution < 1.29 is 14.0 Å². The van der Waals surface area contributed by atoms with Crippen LogP contribution in [0.25, 0.3) is 0 Å². The maximum Gasteiger partial charge on any atom is 0.325 e. The number of urea groups is 1. The van der Waals surface area contributed by atoms with E-state index in [-0.39, 0.29) is 23.8 Å². The molecule has 0 radical (unpaired) electrons. The molecule has 1 atom stereocenters. The van der Waals surface area contributed by atoms with Gasteiger partial charge in [-0.25, -0.2) is 9.18 Å². The van der Waals surface area contributed by atoms with E-state index in [1.807, 2.05) is 24.9 Å². The second-order valence-corrected chi connectivity index (χ2v) is 6.54. The van der Waals surface area contributed by atoms with Gasteiger partial charge in [-0.15, -0.1) is 0 Å². The Kier molecular flexibility index (Phi) is 5.04. The quantitative estimate of drug-likeness (QED) is 0.819. The third-order valence-corrected chi connectivity index (χ3v) is 4.35. The van der Waals surface area contributed by atoms with E-state index in [0.717, 1.165) is 0 Å². The molecular weight excluding hydrogens is 297 g/mol. The lowest BCUT2D eigenvalue weighted by Gasteiger charge is -2.26. The van der Waals surface area contributed by atoms with E-state index in [2.05, 4.69) is 5.32 Å². The molecule has 6 heteroatoms. The van der Waals surface area contributed by atoms with Crippen LogP contribution in [0.5, 0.6) is 0 Å². The van der Waals surface area contributed by atoms with Crippen LogP contribution in [0.1, 0.15) is 38.8 Å². The van der Waals surface area contributed by atoms with Crippen molar-refractivity contribution >= 4 is 11.9 Å². The smallest absolute Gasteiger partial charge is 0.324 e. The highest BCUT2D eigenvalue weighted by molar-refractivity contribution is 6.06. The van der Waals surface area contributed by atoms with Crippen LogP contribution in [0.2, 0.25) is 0 Å². The number of hydrogen-bond acceptors (Lipinski definition) is 3. The minimum atomic E-state index is -0.830. The standard InChI is InChI=1S/C17H24FN3O2/c1-12(13-8-5-6-9-14(13)18)20(4)10-7-11-21-15(22)17(2,3)19-16(21)23/h5-6,8-9,12H,7,10-11H2,1-4H3,(H,19,23). The van der Waals surface area contributed by atoms with Crippen molar-refractivity contribution in [3.8, 4) is 0 Å². The summed E-state index contributed by atoms with van der Waals surface area (Å²) in [7, 11) is 1.91. The van der Waals surface area contributed by atoms with Crippen LogP contribution < -0.4 is 5.32 Å². The fourth-order valence-corrected chi connectivity index (χ4v) is 2.74. The second kappa shape index (κ2) is 6.66. The van der Waals surface area contributed by atoms with Crippen molar-refractivity contribution in [2.75, 3.05) is 20.1 Å². The molecule has 1 aromatic rings. The summed E-state index contributed by atoms with van der Waals surface area (Å²) in [5.74, 6) is -0.421. The molecule has 1 unspecified atom stereocenters. The van der Waals surface area contributed by atoms with Crippen LogP contribution in [-0.2, 0) is 4.79 Å². The molecule has 0 spiro atoms. The van der Waals surface area contributed by atoms with Gasteiger partial charge in [0.25, 0.3) is 5.91 Å². The number of nitrogens with zero attached hydrogens (tertiary/aromatic N) is 2. The highest BCUT2D eigenvalue weighted by Gasteiger charge is 2.43. The first-order chi connectivity index (χ1) is 10.7. The molecule has 5 nitrogen and oxygen atoms in total. The van der Waals surface area contributed by atoms with Crippen molar-refractivity contribution in [1.29, 1.82) is 0 Å². The Labute approximate surface area is 136 Å². The van der Waals surface area contributed by atoms with Gasteiger partial charge in [-0.1, -0.05) is 18.2 Å². The zero-order valence-electron chi connectivity index (χ0n) is 14.1. The van der Waals surface area contributed by atoms with Crippen molar-refractivity contribution in [2.45, 2.75) is 38.8 Å². The van der Waals surface area contributed by atoms with E-state index in [1.165, 1.54) is 11.0 Å². The Morgan fingerprint density at radius 2 is 1.96 bits per heavy atom. The zero-order valence-corrected chi connectivity index (χ0v) is 14.1. The highest BCUT2D eigenvalue weighted by atomic mass is 19.1. The van der Waals surface area contributed by atoms with Crippen LogP contribution >= 0.6 is 0 Å². The predicted molar refractivity (Wildman–Crippen MR) is 86.4 cm³/mol.